The van der Waals surface area contributed by atoms with E-state index in [9.17, 15) is 14.3 Å². The first-order valence-electron chi connectivity index (χ1n) is 4.48. The second kappa shape index (κ2) is 4.59. The third-order valence-corrected chi connectivity index (χ3v) is 2.04. The number of para-hydroxylation sites is 1. The Bertz CT molecular complexity index is 410. The Morgan fingerprint density at radius 2 is 2.00 bits per heavy atom. The Kier molecular flexibility index (Phi) is 3.44. The highest BCUT2D eigenvalue weighted by atomic mass is 19.1. The summed E-state index contributed by atoms with van der Waals surface area (Å²) in [6.45, 7) is 1.63. The van der Waals surface area contributed by atoms with Crippen LogP contribution in [0.15, 0.2) is 30.1 Å². The number of hydrogen-bond donors (Lipinski definition) is 2. The molecule has 0 heterocycles. The molecule has 80 valence electrons. The van der Waals surface area contributed by atoms with Crippen LogP contribution in [0.1, 0.15) is 18.9 Å². The molecule has 0 bridgehead atoms. The Morgan fingerprint density at radius 1 is 1.40 bits per heavy atom. The normalized spacial score (nSPS) is 12.1. The molecule has 0 fully saturated rings. The van der Waals surface area contributed by atoms with E-state index in [4.69, 9.17) is 5.11 Å². The molecule has 0 saturated carbocycles. The molecule has 0 saturated heterocycles. The van der Waals surface area contributed by atoms with Gasteiger partial charge in [0.15, 0.2) is 0 Å². The minimum atomic E-state index is -1.62. The number of halogens is 1. The molecule has 2 N–H and O–H groups in total. The maximum absolute atomic E-state index is 13.2. The molecule has 1 aromatic carbocycles. The molecule has 1 rings (SSSR count). The van der Waals surface area contributed by atoms with E-state index in [-0.39, 0.29) is 23.3 Å². The Labute approximate surface area is 86.5 Å². The van der Waals surface area contributed by atoms with Crippen LogP contribution in [0.4, 0.5) is 4.39 Å². The van der Waals surface area contributed by atoms with Gasteiger partial charge in [0, 0.05) is 11.1 Å². The molecule has 3 nitrogen and oxygen atoms in total. The van der Waals surface area contributed by atoms with E-state index < -0.39 is 11.8 Å². The lowest BCUT2D eigenvalue weighted by Crippen LogP contribution is -1.99. The van der Waals surface area contributed by atoms with Gasteiger partial charge in [0.05, 0.1) is 0 Å². The largest absolute Gasteiger partial charge is 0.507 e. The van der Waals surface area contributed by atoms with E-state index in [1.807, 2.05) is 0 Å². The van der Waals surface area contributed by atoms with Gasteiger partial charge in [0.2, 0.25) is 5.83 Å². The Hall–Kier alpha value is -1.84. The molecule has 0 aliphatic heterocycles. The van der Waals surface area contributed by atoms with Gasteiger partial charge in [-0.05, 0) is 12.5 Å². The average molecular weight is 210 g/mol. The zero-order chi connectivity index (χ0) is 11.4. The van der Waals surface area contributed by atoms with Crippen molar-refractivity contribution in [3.8, 4) is 5.75 Å². The van der Waals surface area contributed by atoms with Crippen LogP contribution >= 0.6 is 0 Å². The first-order chi connectivity index (χ1) is 7.07. The van der Waals surface area contributed by atoms with Gasteiger partial charge >= 0.3 is 5.97 Å². The highest BCUT2D eigenvalue weighted by molar-refractivity contribution is 5.94. The number of phenols is 1. The standard InChI is InChI=1S/C11H11FO3/c1-2-7(10(12)11(14)15)8-5-3-4-6-9(8)13/h3-6,13H,2H2,1H3,(H,14,15). The molecule has 15 heavy (non-hydrogen) atoms. The fourth-order valence-corrected chi connectivity index (χ4v) is 1.32. The van der Waals surface area contributed by atoms with Crippen molar-refractivity contribution in [3.63, 3.8) is 0 Å². The molecule has 0 amide bonds. The Balaban J connectivity index is 3.31. The maximum Gasteiger partial charge on any atom is 0.365 e. The summed E-state index contributed by atoms with van der Waals surface area (Å²) in [5, 5.41) is 18.0. The lowest BCUT2D eigenvalue weighted by molar-refractivity contribution is -0.134. The van der Waals surface area contributed by atoms with Gasteiger partial charge in [-0.3, -0.25) is 0 Å². The second-order valence-corrected chi connectivity index (χ2v) is 2.97. The summed E-state index contributed by atoms with van der Waals surface area (Å²) in [5.41, 5.74) is 0.223. The Morgan fingerprint density at radius 3 is 2.47 bits per heavy atom. The van der Waals surface area contributed by atoms with Crippen LogP contribution in [-0.4, -0.2) is 16.2 Å². The van der Waals surface area contributed by atoms with E-state index in [1.54, 1.807) is 19.1 Å². The monoisotopic (exact) mass is 210 g/mol. The summed E-state index contributed by atoms with van der Waals surface area (Å²) < 4.78 is 13.2. The molecular weight excluding hydrogens is 199 g/mol. The minimum absolute atomic E-state index is 0.000556. The number of carbonyl (C=O) groups is 1. The van der Waals surface area contributed by atoms with Crippen LogP contribution in [0.2, 0.25) is 0 Å². The van der Waals surface area contributed by atoms with Crippen molar-refractivity contribution in [1.29, 1.82) is 0 Å². The van der Waals surface area contributed by atoms with Crippen LogP contribution < -0.4 is 0 Å². The van der Waals surface area contributed by atoms with Crippen molar-refractivity contribution in [2.75, 3.05) is 0 Å². The third-order valence-electron chi connectivity index (χ3n) is 2.04. The number of hydrogen-bond acceptors (Lipinski definition) is 2. The van der Waals surface area contributed by atoms with E-state index >= 15 is 0 Å². The summed E-state index contributed by atoms with van der Waals surface area (Å²) in [7, 11) is 0. The number of aromatic hydroxyl groups is 1. The topological polar surface area (TPSA) is 57.5 Å². The number of carboxylic acids is 1. The van der Waals surface area contributed by atoms with Gasteiger partial charge in [-0.25, -0.2) is 4.79 Å². The third kappa shape index (κ3) is 2.34. The van der Waals surface area contributed by atoms with Crippen LogP contribution in [0.3, 0.4) is 0 Å². The van der Waals surface area contributed by atoms with E-state index in [0.717, 1.165) is 0 Å². The summed E-state index contributed by atoms with van der Waals surface area (Å²) >= 11 is 0. The predicted molar refractivity (Wildman–Crippen MR) is 54.1 cm³/mol. The van der Waals surface area contributed by atoms with Crippen LogP contribution in [0.5, 0.6) is 5.75 Å². The molecule has 0 aliphatic rings. The molecule has 4 heteroatoms. The van der Waals surface area contributed by atoms with E-state index in [1.165, 1.54) is 12.1 Å². The molecule has 0 aliphatic carbocycles. The number of benzene rings is 1. The zero-order valence-electron chi connectivity index (χ0n) is 8.20. The van der Waals surface area contributed by atoms with Gasteiger partial charge in [0.25, 0.3) is 0 Å². The van der Waals surface area contributed by atoms with Crippen LogP contribution in [0.25, 0.3) is 5.57 Å². The number of rotatable bonds is 3. The van der Waals surface area contributed by atoms with Gasteiger partial charge in [0.1, 0.15) is 5.75 Å². The fraction of sp³-hybridized carbons (Fsp3) is 0.182. The van der Waals surface area contributed by atoms with Gasteiger partial charge in [-0.2, -0.15) is 4.39 Å². The number of allylic oxidation sites excluding steroid dienone is 1. The first-order valence-corrected chi connectivity index (χ1v) is 4.48. The van der Waals surface area contributed by atoms with Gasteiger partial charge in [-0.1, -0.05) is 25.1 Å². The van der Waals surface area contributed by atoms with Crippen molar-refractivity contribution in [2.24, 2.45) is 0 Å². The van der Waals surface area contributed by atoms with Crippen LogP contribution in [-0.2, 0) is 4.79 Å². The van der Waals surface area contributed by atoms with E-state index in [0.29, 0.717) is 0 Å². The van der Waals surface area contributed by atoms with Crippen molar-refractivity contribution < 1.29 is 19.4 Å². The fourth-order valence-electron chi connectivity index (χ4n) is 1.32. The summed E-state index contributed by atoms with van der Waals surface area (Å²) in [6.07, 6.45) is 0.204. The lowest BCUT2D eigenvalue weighted by atomic mass is 10.0. The van der Waals surface area contributed by atoms with Gasteiger partial charge < -0.3 is 10.2 Å². The number of carboxylic acid groups (broad SMARTS) is 1. The second-order valence-electron chi connectivity index (χ2n) is 2.97. The highest BCUT2D eigenvalue weighted by Crippen LogP contribution is 2.29. The maximum atomic E-state index is 13.2. The first kappa shape index (κ1) is 11.2. The van der Waals surface area contributed by atoms with Crippen molar-refractivity contribution in [3.05, 3.63) is 35.7 Å². The summed E-state index contributed by atoms with van der Waals surface area (Å²) in [4.78, 5) is 10.5. The van der Waals surface area contributed by atoms with Crippen molar-refractivity contribution in [1.82, 2.24) is 0 Å². The molecule has 0 atom stereocenters. The smallest absolute Gasteiger partial charge is 0.365 e. The molecule has 0 spiro atoms. The quantitative estimate of drug-likeness (QED) is 0.754. The van der Waals surface area contributed by atoms with Crippen molar-refractivity contribution >= 4 is 11.5 Å². The number of aliphatic carboxylic acids is 1. The number of phenolic OH excluding ortho intramolecular Hbond substituents is 1. The van der Waals surface area contributed by atoms with Crippen LogP contribution in [0, 0.1) is 0 Å². The minimum Gasteiger partial charge on any atom is -0.507 e. The van der Waals surface area contributed by atoms with Crippen molar-refractivity contribution in [2.45, 2.75) is 13.3 Å². The summed E-state index contributed by atoms with van der Waals surface area (Å²) in [5.74, 6) is -2.96. The molecular formula is C11H11FO3. The molecule has 0 unspecified atom stereocenters. The lowest BCUT2D eigenvalue weighted by Gasteiger charge is -2.07. The molecule has 1 aromatic rings. The SMILES string of the molecule is CCC(=C(F)C(=O)O)c1ccccc1O. The zero-order valence-corrected chi connectivity index (χ0v) is 8.20. The highest BCUT2D eigenvalue weighted by Gasteiger charge is 2.16. The average Bonchev–Trinajstić information content (AvgIpc) is 2.21. The summed E-state index contributed by atoms with van der Waals surface area (Å²) in [6, 6.07) is 6.07. The van der Waals surface area contributed by atoms with E-state index in [2.05, 4.69) is 0 Å². The molecule has 0 aromatic heterocycles. The van der Waals surface area contributed by atoms with Gasteiger partial charge in [-0.15, -0.1) is 0 Å². The molecule has 0 radical (unpaired) electrons. The predicted octanol–water partition coefficient (Wildman–Crippen LogP) is 2.57.